The van der Waals surface area contributed by atoms with Gasteiger partial charge in [0, 0.05) is 5.69 Å². The monoisotopic (exact) mass is 404 g/mol. The summed E-state index contributed by atoms with van der Waals surface area (Å²) in [6.45, 7) is 1.98. The van der Waals surface area contributed by atoms with Crippen LogP contribution in [0.3, 0.4) is 0 Å². The Bertz CT molecular complexity index is 1050. The molecule has 0 spiro atoms. The summed E-state index contributed by atoms with van der Waals surface area (Å²) in [7, 11) is 1.79. The number of para-hydroxylation sites is 1. The Hall–Kier alpha value is -2.41. The third-order valence-corrected chi connectivity index (χ3v) is 5.02. The van der Waals surface area contributed by atoms with Crippen molar-refractivity contribution < 1.29 is 4.79 Å². The molecule has 1 atom stereocenters. The highest BCUT2D eigenvalue weighted by Crippen LogP contribution is 2.25. The van der Waals surface area contributed by atoms with Crippen LogP contribution in [-0.2, 0) is 4.79 Å². The number of nitrogens with zero attached hydrogens (tertiary/aromatic N) is 2. The molecule has 0 aliphatic carbocycles. The lowest BCUT2D eigenvalue weighted by atomic mass is 10.2. The number of fused-ring (bicyclic) bond motifs is 1. The Morgan fingerprint density at radius 2 is 1.96 bits per heavy atom. The van der Waals surface area contributed by atoms with Crippen LogP contribution in [0.4, 0.5) is 5.69 Å². The van der Waals surface area contributed by atoms with Gasteiger partial charge >= 0.3 is 0 Å². The standard InChI is InChI=1S/C19H18Cl2N4O2/c1-11(18-23-16-6-4-3-5-13(16)19(27)24-18)25(2)10-17(26)22-12-7-8-14(20)15(21)9-12/h3-9,11H,10H2,1-2H3,(H,22,26)(H,23,24,27)/t11-/m0/s1. The zero-order chi connectivity index (χ0) is 19.6. The van der Waals surface area contributed by atoms with Crippen LogP contribution in [0.5, 0.6) is 0 Å². The predicted octanol–water partition coefficient (Wildman–Crippen LogP) is 3.86. The normalized spacial score (nSPS) is 12.3. The van der Waals surface area contributed by atoms with Gasteiger partial charge in [0.15, 0.2) is 0 Å². The quantitative estimate of drug-likeness (QED) is 0.676. The van der Waals surface area contributed by atoms with Crippen LogP contribution < -0.4 is 10.9 Å². The molecular weight excluding hydrogens is 387 g/mol. The number of nitrogens with one attached hydrogen (secondary N) is 2. The van der Waals surface area contributed by atoms with Crippen molar-refractivity contribution >= 4 is 45.7 Å². The first kappa shape index (κ1) is 19.4. The van der Waals surface area contributed by atoms with E-state index < -0.39 is 0 Å². The topological polar surface area (TPSA) is 78.1 Å². The van der Waals surface area contributed by atoms with Crippen LogP contribution in [0.2, 0.25) is 10.0 Å². The molecule has 1 amide bonds. The molecular formula is C19H18Cl2N4O2. The van der Waals surface area contributed by atoms with Gasteiger partial charge in [-0.05, 0) is 44.3 Å². The first-order chi connectivity index (χ1) is 12.8. The Kier molecular flexibility index (Phi) is 5.79. The van der Waals surface area contributed by atoms with E-state index >= 15 is 0 Å². The maximum atomic E-state index is 12.3. The number of likely N-dealkylation sites (N-methyl/N-ethyl adjacent to an activating group) is 1. The van der Waals surface area contributed by atoms with Gasteiger partial charge in [-0.25, -0.2) is 4.98 Å². The summed E-state index contributed by atoms with van der Waals surface area (Å²) in [5.41, 5.74) is 0.987. The van der Waals surface area contributed by atoms with Crippen molar-refractivity contribution in [2.24, 2.45) is 0 Å². The molecule has 3 rings (SSSR count). The van der Waals surface area contributed by atoms with E-state index in [1.165, 1.54) is 0 Å². The van der Waals surface area contributed by atoms with Gasteiger partial charge in [-0.1, -0.05) is 35.3 Å². The lowest BCUT2D eigenvalue weighted by molar-refractivity contribution is -0.117. The third kappa shape index (κ3) is 4.47. The fraction of sp³-hybridized carbons (Fsp3) is 0.211. The molecule has 0 aliphatic heterocycles. The molecule has 0 unspecified atom stereocenters. The van der Waals surface area contributed by atoms with Gasteiger partial charge in [0.1, 0.15) is 5.82 Å². The van der Waals surface area contributed by atoms with Crippen LogP contribution >= 0.6 is 23.2 Å². The molecule has 0 saturated carbocycles. The van der Waals surface area contributed by atoms with Gasteiger partial charge in [0.05, 0.1) is 33.5 Å². The number of carbonyl (C=O) groups is 1. The van der Waals surface area contributed by atoms with Gasteiger partial charge in [0.2, 0.25) is 5.91 Å². The van der Waals surface area contributed by atoms with Crippen molar-refractivity contribution in [3.63, 3.8) is 0 Å². The van der Waals surface area contributed by atoms with Crippen molar-refractivity contribution in [2.45, 2.75) is 13.0 Å². The van der Waals surface area contributed by atoms with Crippen molar-refractivity contribution in [1.29, 1.82) is 0 Å². The highest BCUT2D eigenvalue weighted by molar-refractivity contribution is 6.42. The molecule has 1 heterocycles. The lowest BCUT2D eigenvalue weighted by Gasteiger charge is -2.23. The first-order valence-corrected chi connectivity index (χ1v) is 9.05. The van der Waals surface area contributed by atoms with Crippen LogP contribution in [-0.4, -0.2) is 34.4 Å². The SMILES string of the molecule is C[C@@H](c1nc2ccccc2c(=O)[nH]1)N(C)CC(=O)Nc1ccc(Cl)c(Cl)c1. The molecule has 1 aromatic heterocycles. The third-order valence-electron chi connectivity index (χ3n) is 4.28. The largest absolute Gasteiger partial charge is 0.325 e. The van der Waals surface area contributed by atoms with Crippen molar-refractivity contribution in [3.05, 3.63) is 68.7 Å². The first-order valence-electron chi connectivity index (χ1n) is 8.29. The van der Waals surface area contributed by atoms with E-state index in [1.807, 2.05) is 13.0 Å². The zero-order valence-electron chi connectivity index (χ0n) is 14.8. The minimum absolute atomic E-state index is 0.109. The van der Waals surface area contributed by atoms with Crippen molar-refractivity contribution in [3.8, 4) is 0 Å². The van der Waals surface area contributed by atoms with Gasteiger partial charge in [0.25, 0.3) is 5.56 Å². The zero-order valence-corrected chi connectivity index (χ0v) is 16.3. The van der Waals surface area contributed by atoms with E-state index in [4.69, 9.17) is 23.2 Å². The van der Waals surface area contributed by atoms with E-state index in [0.29, 0.717) is 32.5 Å². The fourth-order valence-corrected chi connectivity index (χ4v) is 2.95. The van der Waals surface area contributed by atoms with Gasteiger partial charge in [-0.2, -0.15) is 0 Å². The maximum Gasteiger partial charge on any atom is 0.258 e. The number of aromatic amines is 1. The highest BCUT2D eigenvalue weighted by atomic mass is 35.5. The van der Waals surface area contributed by atoms with Gasteiger partial charge in [-0.3, -0.25) is 14.5 Å². The van der Waals surface area contributed by atoms with Crippen LogP contribution in [0, 0.1) is 0 Å². The van der Waals surface area contributed by atoms with Gasteiger partial charge < -0.3 is 10.3 Å². The molecule has 0 aliphatic rings. The summed E-state index contributed by atoms with van der Waals surface area (Å²) in [5.74, 6) is 0.286. The smallest absolute Gasteiger partial charge is 0.258 e. The molecule has 0 fully saturated rings. The van der Waals surface area contributed by atoms with Crippen LogP contribution in [0.15, 0.2) is 47.3 Å². The predicted molar refractivity (Wildman–Crippen MR) is 109 cm³/mol. The molecule has 140 valence electrons. The number of aromatic nitrogens is 2. The molecule has 0 radical (unpaired) electrons. The molecule has 0 saturated heterocycles. The van der Waals surface area contributed by atoms with E-state index in [2.05, 4.69) is 15.3 Å². The molecule has 2 aromatic carbocycles. The average Bonchev–Trinajstić information content (AvgIpc) is 2.64. The summed E-state index contributed by atoms with van der Waals surface area (Å²) < 4.78 is 0. The summed E-state index contributed by atoms with van der Waals surface area (Å²) in [5, 5.41) is 4.10. The highest BCUT2D eigenvalue weighted by Gasteiger charge is 2.18. The van der Waals surface area contributed by atoms with E-state index in [0.717, 1.165) is 0 Å². The summed E-state index contributed by atoms with van der Waals surface area (Å²) >= 11 is 11.8. The lowest BCUT2D eigenvalue weighted by Crippen LogP contribution is -2.33. The van der Waals surface area contributed by atoms with Crippen molar-refractivity contribution in [2.75, 3.05) is 18.9 Å². The van der Waals surface area contributed by atoms with Crippen LogP contribution in [0.25, 0.3) is 10.9 Å². The summed E-state index contributed by atoms with van der Waals surface area (Å²) in [6.07, 6.45) is 0. The van der Waals surface area contributed by atoms with E-state index in [9.17, 15) is 9.59 Å². The second-order valence-corrected chi connectivity index (χ2v) is 7.05. The Morgan fingerprint density at radius 3 is 2.70 bits per heavy atom. The number of hydrogen-bond acceptors (Lipinski definition) is 4. The molecule has 2 N–H and O–H groups in total. The number of rotatable bonds is 5. The van der Waals surface area contributed by atoms with Gasteiger partial charge in [-0.15, -0.1) is 0 Å². The van der Waals surface area contributed by atoms with Crippen LogP contribution in [0.1, 0.15) is 18.8 Å². The number of hydrogen-bond donors (Lipinski definition) is 2. The second-order valence-electron chi connectivity index (χ2n) is 6.24. The number of H-pyrrole nitrogens is 1. The number of carbonyl (C=O) groups excluding carboxylic acids is 1. The second kappa shape index (κ2) is 8.08. The molecule has 8 heteroatoms. The number of benzene rings is 2. The summed E-state index contributed by atoms with van der Waals surface area (Å²) in [6, 6.07) is 11.8. The summed E-state index contributed by atoms with van der Waals surface area (Å²) in [4.78, 5) is 33.6. The number of amides is 1. The Balaban J connectivity index is 1.71. The van der Waals surface area contributed by atoms with E-state index in [-0.39, 0.29) is 24.1 Å². The maximum absolute atomic E-state index is 12.3. The Morgan fingerprint density at radius 1 is 1.22 bits per heavy atom. The fourth-order valence-electron chi connectivity index (χ4n) is 2.65. The molecule has 6 nitrogen and oxygen atoms in total. The number of halogens is 2. The minimum atomic E-state index is -0.262. The molecule has 0 bridgehead atoms. The minimum Gasteiger partial charge on any atom is -0.325 e. The van der Waals surface area contributed by atoms with E-state index in [1.54, 1.807) is 48.3 Å². The molecule has 3 aromatic rings. The average molecular weight is 405 g/mol. The Labute approximate surface area is 166 Å². The molecule has 27 heavy (non-hydrogen) atoms. The van der Waals surface area contributed by atoms with Crippen molar-refractivity contribution in [1.82, 2.24) is 14.9 Å². The number of anilines is 1.